The van der Waals surface area contributed by atoms with Crippen molar-refractivity contribution in [1.29, 1.82) is 0 Å². The molecule has 98 valence electrons. The molecule has 1 aliphatic heterocycles. The molecule has 0 saturated heterocycles. The first kappa shape index (κ1) is 12.1. The minimum atomic E-state index is 0.804. The van der Waals surface area contributed by atoms with Crippen molar-refractivity contribution in [3.63, 3.8) is 0 Å². The van der Waals surface area contributed by atoms with Gasteiger partial charge in [-0.1, -0.05) is 26.0 Å². The van der Waals surface area contributed by atoms with Gasteiger partial charge in [-0.15, -0.1) is 0 Å². The Hall–Kier alpha value is -0.980. The number of fused-ring (bicyclic) bond motifs is 1. The third-order valence-electron chi connectivity index (χ3n) is 4.75. The third kappa shape index (κ3) is 2.28. The first-order chi connectivity index (χ1) is 8.74. The molecule has 1 aromatic rings. The summed E-state index contributed by atoms with van der Waals surface area (Å²) in [6.45, 7) is 6.00. The Morgan fingerprint density at radius 3 is 2.61 bits per heavy atom. The van der Waals surface area contributed by atoms with Gasteiger partial charge in [-0.2, -0.15) is 0 Å². The molecule has 0 bridgehead atoms. The highest BCUT2D eigenvalue weighted by atomic mass is 14.9. The molecule has 1 heteroatoms. The first-order valence-corrected chi connectivity index (χ1v) is 7.59. The molecule has 1 aliphatic carbocycles. The molecule has 0 spiro atoms. The number of benzene rings is 1. The summed E-state index contributed by atoms with van der Waals surface area (Å²) in [5.41, 5.74) is 4.68. The number of nitrogens with one attached hydrogen (secondary N) is 1. The van der Waals surface area contributed by atoms with E-state index in [0.29, 0.717) is 0 Å². The fourth-order valence-corrected chi connectivity index (χ4v) is 4.12. The highest BCUT2D eigenvalue weighted by Crippen LogP contribution is 2.42. The van der Waals surface area contributed by atoms with Gasteiger partial charge >= 0.3 is 0 Å². The maximum absolute atomic E-state index is 3.56. The normalized spacial score (nSPS) is 31.6. The Bertz CT molecular complexity index is 414. The highest BCUT2D eigenvalue weighted by molar-refractivity contribution is 5.57. The zero-order chi connectivity index (χ0) is 12.5. The van der Waals surface area contributed by atoms with E-state index < -0.39 is 0 Å². The fourth-order valence-electron chi connectivity index (χ4n) is 4.12. The number of anilines is 1. The van der Waals surface area contributed by atoms with Crippen LogP contribution in [0.1, 0.15) is 56.6 Å². The summed E-state index contributed by atoms with van der Waals surface area (Å²) in [7, 11) is 0. The van der Waals surface area contributed by atoms with Crippen LogP contribution in [0.15, 0.2) is 18.2 Å². The minimum Gasteiger partial charge on any atom is -0.385 e. The second kappa shape index (κ2) is 4.95. The van der Waals surface area contributed by atoms with Gasteiger partial charge in [-0.05, 0) is 67.1 Å². The molecule has 2 unspecified atom stereocenters. The lowest BCUT2D eigenvalue weighted by atomic mass is 9.72. The molecule has 1 saturated carbocycles. The van der Waals surface area contributed by atoms with Crippen LogP contribution < -0.4 is 5.32 Å². The first-order valence-electron chi connectivity index (χ1n) is 7.59. The van der Waals surface area contributed by atoms with Gasteiger partial charge in [0.25, 0.3) is 0 Å². The zero-order valence-corrected chi connectivity index (χ0v) is 11.7. The Labute approximate surface area is 111 Å². The van der Waals surface area contributed by atoms with E-state index in [4.69, 9.17) is 0 Å². The molecular formula is C17H25N. The summed E-state index contributed by atoms with van der Waals surface area (Å²) in [4.78, 5) is 0. The maximum atomic E-state index is 3.56. The lowest BCUT2D eigenvalue weighted by Crippen LogP contribution is -2.21. The van der Waals surface area contributed by atoms with Gasteiger partial charge in [-0.3, -0.25) is 0 Å². The predicted octanol–water partition coefficient (Wildman–Crippen LogP) is 4.58. The lowest BCUT2D eigenvalue weighted by Gasteiger charge is -2.34. The molecule has 2 aliphatic rings. The van der Waals surface area contributed by atoms with Crippen molar-refractivity contribution < 1.29 is 0 Å². The molecule has 1 heterocycles. The molecule has 0 aromatic heterocycles. The number of rotatable bonds is 1. The van der Waals surface area contributed by atoms with Crippen molar-refractivity contribution in [2.45, 2.75) is 51.9 Å². The molecule has 1 fully saturated rings. The highest BCUT2D eigenvalue weighted by Gasteiger charge is 2.27. The Morgan fingerprint density at radius 2 is 1.83 bits per heavy atom. The van der Waals surface area contributed by atoms with Crippen LogP contribution in [-0.4, -0.2) is 6.54 Å². The molecule has 0 amide bonds. The summed E-state index contributed by atoms with van der Waals surface area (Å²) in [5.74, 6) is 2.59. The quantitative estimate of drug-likeness (QED) is 0.761. The third-order valence-corrected chi connectivity index (χ3v) is 4.75. The molecule has 1 N–H and O–H groups in total. The van der Waals surface area contributed by atoms with Gasteiger partial charge in [0.1, 0.15) is 0 Å². The Kier molecular flexibility index (Phi) is 3.32. The van der Waals surface area contributed by atoms with E-state index >= 15 is 0 Å². The molecular weight excluding hydrogens is 218 g/mol. The molecule has 0 radical (unpaired) electrons. The zero-order valence-electron chi connectivity index (χ0n) is 11.7. The smallest absolute Gasteiger partial charge is 0.0375 e. The summed E-state index contributed by atoms with van der Waals surface area (Å²) >= 11 is 0. The van der Waals surface area contributed by atoms with Crippen molar-refractivity contribution in [3.8, 4) is 0 Å². The summed E-state index contributed by atoms with van der Waals surface area (Å²) in [6.07, 6.45) is 6.77. The van der Waals surface area contributed by atoms with Crippen LogP contribution in [0.2, 0.25) is 0 Å². The van der Waals surface area contributed by atoms with Gasteiger partial charge in [0.05, 0.1) is 0 Å². The molecule has 2 atom stereocenters. The van der Waals surface area contributed by atoms with E-state index in [9.17, 15) is 0 Å². The van der Waals surface area contributed by atoms with E-state index in [1.54, 1.807) is 11.1 Å². The summed E-state index contributed by atoms with van der Waals surface area (Å²) < 4.78 is 0. The average molecular weight is 243 g/mol. The number of hydrogen-bond acceptors (Lipinski definition) is 1. The van der Waals surface area contributed by atoms with Crippen molar-refractivity contribution >= 4 is 5.69 Å². The minimum absolute atomic E-state index is 0.804. The van der Waals surface area contributed by atoms with Crippen LogP contribution in [0.3, 0.4) is 0 Å². The van der Waals surface area contributed by atoms with Gasteiger partial charge in [0.2, 0.25) is 0 Å². The van der Waals surface area contributed by atoms with Crippen molar-refractivity contribution in [1.82, 2.24) is 0 Å². The molecule has 18 heavy (non-hydrogen) atoms. The van der Waals surface area contributed by atoms with Gasteiger partial charge in [0.15, 0.2) is 0 Å². The van der Waals surface area contributed by atoms with Crippen LogP contribution >= 0.6 is 0 Å². The van der Waals surface area contributed by atoms with E-state index in [0.717, 1.165) is 24.3 Å². The van der Waals surface area contributed by atoms with Crippen LogP contribution in [0.4, 0.5) is 5.69 Å². The monoisotopic (exact) mass is 243 g/mol. The molecule has 1 aromatic carbocycles. The fraction of sp³-hybridized carbons (Fsp3) is 0.647. The summed E-state index contributed by atoms with van der Waals surface area (Å²) in [5, 5.41) is 3.56. The lowest BCUT2D eigenvalue weighted by molar-refractivity contribution is 0.267. The molecule has 1 nitrogen and oxygen atoms in total. The largest absolute Gasteiger partial charge is 0.385 e. The van der Waals surface area contributed by atoms with Crippen LogP contribution in [0, 0.1) is 11.8 Å². The topological polar surface area (TPSA) is 12.0 Å². The SMILES string of the molecule is CC1CC(C)CC(c2cccc3c2CCCN3)C1. The van der Waals surface area contributed by atoms with Crippen molar-refractivity contribution in [2.75, 3.05) is 11.9 Å². The second-order valence-corrected chi connectivity index (χ2v) is 6.52. The van der Waals surface area contributed by atoms with E-state index in [1.165, 1.54) is 37.8 Å². The van der Waals surface area contributed by atoms with Gasteiger partial charge in [-0.25, -0.2) is 0 Å². The Balaban J connectivity index is 1.91. The number of hydrogen-bond donors (Lipinski definition) is 1. The average Bonchev–Trinajstić information content (AvgIpc) is 2.37. The Morgan fingerprint density at radius 1 is 1.06 bits per heavy atom. The van der Waals surface area contributed by atoms with Gasteiger partial charge in [0, 0.05) is 12.2 Å². The standard InChI is InChI=1S/C17H25N/c1-12-9-13(2)11-14(10-12)15-5-3-7-17-16(15)6-4-8-18-17/h3,5,7,12-14,18H,4,6,8-11H2,1-2H3. The van der Waals surface area contributed by atoms with E-state index in [2.05, 4.69) is 37.4 Å². The van der Waals surface area contributed by atoms with E-state index in [1.807, 2.05) is 0 Å². The molecule has 3 rings (SSSR count). The van der Waals surface area contributed by atoms with Crippen LogP contribution in [0.25, 0.3) is 0 Å². The van der Waals surface area contributed by atoms with E-state index in [-0.39, 0.29) is 0 Å². The summed E-state index contributed by atoms with van der Waals surface area (Å²) in [6, 6.07) is 6.89. The second-order valence-electron chi connectivity index (χ2n) is 6.52. The maximum Gasteiger partial charge on any atom is 0.0375 e. The van der Waals surface area contributed by atoms with Crippen molar-refractivity contribution in [2.24, 2.45) is 11.8 Å². The van der Waals surface area contributed by atoms with Crippen LogP contribution in [0.5, 0.6) is 0 Å². The predicted molar refractivity (Wildman–Crippen MR) is 78.2 cm³/mol. The van der Waals surface area contributed by atoms with Gasteiger partial charge < -0.3 is 5.32 Å². The van der Waals surface area contributed by atoms with Crippen LogP contribution in [-0.2, 0) is 6.42 Å². The van der Waals surface area contributed by atoms with Crippen molar-refractivity contribution in [3.05, 3.63) is 29.3 Å².